The average molecular weight is 202 g/mol. The minimum Gasteiger partial charge on any atom is -0.467 e. The van der Waals surface area contributed by atoms with Crippen molar-refractivity contribution in [2.24, 2.45) is 0 Å². The third-order valence-corrected chi connectivity index (χ3v) is 1.93. The Labute approximate surface area is 87.0 Å². The molecule has 0 aliphatic carbocycles. The van der Waals surface area contributed by atoms with Crippen LogP contribution in [-0.2, 0) is 0 Å². The van der Waals surface area contributed by atoms with Crippen LogP contribution in [0.2, 0.25) is 0 Å². The highest BCUT2D eigenvalue weighted by atomic mass is 16.5. The normalized spacial score (nSPS) is 9.93. The summed E-state index contributed by atoms with van der Waals surface area (Å²) in [5, 5.41) is 0. The van der Waals surface area contributed by atoms with Gasteiger partial charge in [0.1, 0.15) is 5.82 Å². The average Bonchev–Trinajstić information content (AvgIpc) is 2.30. The molecule has 0 saturated carbocycles. The monoisotopic (exact) mass is 202 g/mol. The molecule has 76 valence electrons. The van der Waals surface area contributed by atoms with Gasteiger partial charge in [-0.3, -0.25) is 0 Å². The highest BCUT2D eigenvalue weighted by Crippen LogP contribution is 2.17. The van der Waals surface area contributed by atoms with Gasteiger partial charge in [-0.25, -0.2) is 15.0 Å². The molecular weight excluding hydrogens is 192 g/mol. The molecule has 2 rings (SSSR count). The van der Waals surface area contributed by atoms with Gasteiger partial charge >= 0.3 is 6.01 Å². The van der Waals surface area contributed by atoms with E-state index in [-0.39, 0.29) is 0 Å². The van der Waals surface area contributed by atoms with Crippen LogP contribution in [0.3, 0.4) is 0 Å². The number of hydrogen-bond acceptors (Lipinski definition) is 5. The van der Waals surface area contributed by atoms with E-state index in [1.807, 2.05) is 6.07 Å². The first kappa shape index (κ1) is 9.39. The second-order valence-corrected chi connectivity index (χ2v) is 2.93. The Bertz CT molecular complexity index is 438. The number of methoxy groups -OCH3 is 1. The summed E-state index contributed by atoms with van der Waals surface area (Å²) < 4.78 is 4.87. The van der Waals surface area contributed by atoms with Crippen molar-refractivity contribution in [3.8, 4) is 17.1 Å². The molecule has 2 aromatic heterocycles. The first-order chi connectivity index (χ1) is 7.29. The highest BCUT2D eigenvalue weighted by molar-refractivity contribution is 5.61. The molecule has 15 heavy (non-hydrogen) atoms. The zero-order valence-electron chi connectivity index (χ0n) is 8.21. The van der Waals surface area contributed by atoms with E-state index in [4.69, 9.17) is 10.5 Å². The van der Waals surface area contributed by atoms with Crippen LogP contribution in [0.1, 0.15) is 0 Å². The smallest absolute Gasteiger partial charge is 0.316 e. The molecule has 5 heteroatoms. The summed E-state index contributed by atoms with van der Waals surface area (Å²) in [5.41, 5.74) is 7.29. The number of rotatable bonds is 2. The van der Waals surface area contributed by atoms with Crippen molar-refractivity contribution < 1.29 is 4.74 Å². The van der Waals surface area contributed by atoms with Crippen molar-refractivity contribution >= 4 is 5.82 Å². The number of pyridine rings is 1. The Morgan fingerprint density at radius 3 is 2.20 bits per heavy atom. The Kier molecular flexibility index (Phi) is 2.45. The fraction of sp³-hybridized carbons (Fsp3) is 0.100. The molecule has 0 fully saturated rings. The van der Waals surface area contributed by atoms with Crippen LogP contribution < -0.4 is 10.5 Å². The van der Waals surface area contributed by atoms with Gasteiger partial charge in [0.25, 0.3) is 0 Å². The van der Waals surface area contributed by atoms with E-state index in [0.717, 1.165) is 11.1 Å². The van der Waals surface area contributed by atoms with Gasteiger partial charge in [0, 0.05) is 29.7 Å². The topological polar surface area (TPSA) is 73.9 Å². The lowest BCUT2D eigenvalue weighted by Crippen LogP contribution is -1.92. The van der Waals surface area contributed by atoms with Crippen molar-refractivity contribution in [1.82, 2.24) is 15.0 Å². The van der Waals surface area contributed by atoms with Gasteiger partial charge in [-0.05, 0) is 12.1 Å². The van der Waals surface area contributed by atoms with Crippen LogP contribution >= 0.6 is 0 Å². The third-order valence-electron chi connectivity index (χ3n) is 1.93. The van der Waals surface area contributed by atoms with Crippen molar-refractivity contribution in [1.29, 1.82) is 0 Å². The largest absolute Gasteiger partial charge is 0.467 e. The van der Waals surface area contributed by atoms with Crippen LogP contribution in [0, 0.1) is 0 Å². The van der Waals surface area contributed by atoms with E-state index in [1.54, 1.807) is 24.7 Å². The van der Waals surface area contributed by atoms with E-state index >= 15 is 0 Å². The van der Waals surface area contributed by atoms with Gasteiger partial charge in [-0.2, -0.15) is 0 Å². The van der Waals surface area contributed by atoms with Gasteiger partial charge in [0.05, 0.1) is 7.11 Å². The van der Waals surface area contributed by atoms with Crippen molar-refractivity contribution in [2.75, 3.05) is 12.8 Å². The molecule has 2 aromatic rings. The summed E-state index contributed by atoms with van der Waals surface area (Å²) in [6, 6.07) is 3.95. The third kappa shape index (κ3) is 2.01. The van der Waals surface area contributed by atoms with Crippen molar-refractivity contribution in [2.45, 2.75) is 0 Å². The SMILES string of the molecule is COc1ncc(-c2ccc(N)nc2)cn1. The summed E-state index contributed by atoms with van der Waals surface area (Å²) in [7, 11) is 1.53. The molecule has 0 spiro atoms. The van der Waals surface area contributed by atoms with Crippen LogP contribution in [-0.4, -0.2) is 22.1 Å². The Balaban J connectivity index is 2.33. The van der Waals surface area contributed by atoms with E-state index in [9.17, 15) is 0 Å². The van der Waals surface area contributed by atoms with Crippen LogP contribution in [0.5, 0.6) is 6.01 Å². The standard InChI is InChI=1S/C10H10N4O/c1-15-10-13-5-8(6-14-10)7-2-3-9(11)12-4-7/h2-6H,1H3,(H2,11,12). The fourth-order valence-corrected chi connectivity index (χ4v) is 1.15. The molecule has 0 bridgehead atoms. The summed E-state index contributed by atoms with van der Waals surface area (Å²) in [4.78, 5) is 12.0. The van der Waals surface area contributed by atoms with Crippen LogP contribution in [0.4, 0.5) is 5.82 Å². The number of nitrogen functional groups attached to an aromatic ring is 1. The van der Waals surface area contributed by atoms with Gasteiger partial charge in [0.2, 0.25) is 0 Å². The lowest BCUT2D eigenvalue weighted by Gasteiger charge is -2.01. The number of aromatic nitrogens is 3. The van der Waals surface area contributed by atoms with Gasteiger partial charge in [0.15, 0.2) is 0 Å². The van der Waals surface area contributed by atoms with Gasteiger partial charge < -0.3 is 10.5 Å². The van der Waals surface area contributed by atoms with Crippen LogP contribution in [0.15, 0.2) is 30.7 Å². The molecule has 0 saturated heterocycles. The number of nitrogens with zero attached hydrogens (tertiary/aromatic N) is 3. The zero-order chi connectivity index (χ0) is 10.7. The second-order valence-electron chi connectivity index (χ2n) is 2.93. The maximum atomic E-state index is 5.49. The molecule has 0 radical (unpaired) electrons. The molecule has 0 aliphatic heterocycles. The summed E-state index contributed by atoms with van der Waals surface area (Å²) in [6.07, 6.45) is 5.04. The highest BCUT2D eigenvalue weighted by Gasteiger charge is 2.00. The lowest BCUT2D eigenvalue weighted by atomic mass is 10.1. The Morgan fingerprint density at radius 1 is 1.00 bits per heavy atom. The first-order valence-corrected chi connectivity index (χ1v) is 4.37. The predicted molar refractivity (Wildman–Crippen MR) is 56.2 cm³/mol. The van der Waals surface area contributed by atoms with Gasteiger partial charge in [-0.1, -0.05) is 0 Å². The Hall–Kier alpha value is -2.17. The molecule has 5 nitrogen and oxygen atoms in total. The lowest BCUT2D eigenvalue weighted by molar-refractivity contribution is 0.380. The van der Waals surface area contributed by atoms with Crippen LogP contribution in [0.25, 0.3) is 11.1 Å². The van der Waals surface area contributed by atoms with E-state index < -0.39 is 0 Å². The van der Waals surface area contributed by atoms with E-state index in [2.05, 4.69) is 15.0 Å². The minimum atomic E-state index is 0.349. The maximum Gasteiger partial charge on any atom is 0.316 e. The van der Waals surface area contributed by atoms with Crippen molar-refractivity contribution in [3.63, 3.8) is 0 Å². The molecule has 0 amide bonds. The number of anilines is 1. The minimum absolute atomic E-state index is 0.349. The zero-order valence-corrected chi connectivity index (χ0v) is 8.21. The molecule has 0 atom stereocenters. The summed E-state index contributed by atoms with van der Waals surface area (Å²) in [5.74, 6) is 0.494. The quantitative estimate of drug-likeness (QED) is 0.790. The summed E-state index contributed by atoms with van der Waals surface area (Å²) >= 11 is 0. The van der Waals surface area contributed by atoms with E-state index in [0.29, 0.717) is 11.8 Å². The molecule has 2 heterocycles. The second kappa shape index (κ2) is 3.91. The van der Waals surface area contributed by atoms with Gasteiger partial charge in [-0.15, -0.1) is 0 Å². The number of hydrogen-bond donors (Lipinski definition) is 1. The molecular formula is C10H10N4O. The maximum absolute atomic E-state index is 5.49. The van der Waals surface area contributed by atoms with E-state index in [1.165, 1.54) is 7.11 Å². The molecule has 0 aliphatic rings. The van der Waals surface area contributed by atoms with Crippen molar-refractivity contribution in [3.05, 3.63) is 30.7 Å². The molecule has 0 unspecified atom stereocenters. The Morgan fingerprint density at radius 2 is 1.67 bits per heavy atom. The molecule has 2 N–H and O–H groups in total. The number of nitrogens with two attached hydrogens (primary N) is 1. The predicted octanol–water partition coefficient (Wildman–Crippen LogP) is 1.13. The fourth-order valence-electron chi connectivity index (χ4n) is 1.15. The molecule has 0 aromatic carbocycles. The number of ether oxygens (including phenoxy) is 1. The summed E-state index contributed by atoms with van der Waals surface area (Å²) in [6.45, 7) is 0. The first-order valence-electron chi connectivity index (χ1n) is 4.37.